The van der Waals surface area contributed by atoms with Gasteiger partial charge >= 0.3 is 0 Å². The van der Waals surface area contributed by atoms with Crippen molar-refractivity contribution in [3.63, 3.8) is 0 Å². The molecule has 0 saturated carbocycles. The second kappa shape index (κ2) is 9.08. The van der Waals surface area contributed by atoms with Crippen molar-refractivity contribution in [2.24, 2.45) is 0 Å². The van der Waals surface area contributed by atoms with Gasteiger partial charge in [0.2, 0.25) is 0 Å². The fraction of sp³-hybridized carbons (Fsp3) is 0.316. The highest BCUT2D eigenvalue weighted by Gasteiger charge is 2.13. The Balaban J connectivity index is 2.08. The molecule has 23 heavy (non-hydrogen) atoms. The summed E-state index contributed by atoms with van der Waals surface area (Å²) in [6.07, 6.45) is 0.505. The fourth-order valence-corrected chi connectivity index (χ4v) is 3.11. The van der Waals surface area contributed by atoms with Crippen molar-refractivity contribution in [3.8, 4) is 6.07 Å². The summed E-state index contributed by atoms with van der Waals surface area (Å²) in [6.45, 7) is 4.61. The van der Waals surface area contributed by atoms with Crippen molar-refractivity contribution in [1.29, 1.82) is 5.26 Å². The maximum absolute atomic E-state index is 8.88. The zero-order valence-corrected chi connectivity index (χ0v) is 15.5. The van der Waals surface area contributed by atoms with Crippen molar-refractivity contribution in [1.82, 2.24) is 4.90 Å². The van der Waals surface area contributed by atoms with Crippen LogP contribution >= 0.6 is 27.5 Å². The molecule has 0 N–H and O–H groups in total. The minimum Gasteiger partial charge on any atom is -0.294 e. The van der Waals surface area contributed by atoms with Crippen molar-refractivity contribution in [2.45, 2.75) is 31.3 Å². The highest BCUT2D eigenvalue weighted by Crippen LogP contribution is 2.16. The third-order valence-electron chi connectivity index (χ3n) is 3.62. The van der Waals surface area contributed by atoms with Crippen LogP contribution in [0.15, 0.2) is 48.5 Å². The molecule has 0 heterocycles. The number of nitriles is 1. The molecule has 0 spiro atoms. The zero-order chi connectivity index (χ0) is 16.7. The van der Waals surface area contributed by atoms with Crippen LogP contribution in [0.5, 0.6) is 0 Å². The first-order valence-corrected chi connectivity index (χ1v) is 8.89. The minimum atomic E-state index is 0.172. The highest BCUT2D eigenvalue weighted by molar-refractivity contribution is 9.09. The van der Waals surface area contributed by atoms with Gasteiger partial charge in [0.05, 0.1) is 6.07 Å². The summed E-state index contributed by atoms with van der Waals surface area (Å²) < 4.78 is 0. The van der Waals surface area contributed by atoms with Gasteiger partial charge < -0.3 is 0 Å². The Bertz CT molecular complexity index is 599. The van der Waals surface area contributed by atoms with Crippen molar-refractivity contribution < 1.29 is 0 Å². The molecule has 0 fully saturated rings. The van der Waals surface area contributed by atoms with E-state index in [9.17, 15) is 0 Å². The third-order valence-corrected chi connectivity index (χ3v) is 4.48. The van der Waals surface area contributed by atoms with Crippen LogP contribution in [-0.2, 0) is 13.1 Å². The Labute approximate surface area is 151 Å². The van der Waals surface area contributed by atoms with Crippen LogP contribution in [0.25, 0.3) is 0 Å². The molecule has 0 aliphatic carbocycles. The Morgan fingerprint density at radius 2 is 1.57 bits per heavy atom. The molecule has 2 aromatic carbocycles. The first-order valence-electron chi connectivity index (χ1n) is 7.60. The summed E-state index contributed by atoms with van der Waals surface area (Å²) >= 11 is 9.56. The molecular weight excluding hydrogens is 372 g/mol. The van der Waals surface area contributed by atoms with Crippen LogP contribution in [0.2, 0.25) is 5.02 Å². The van der Waals surface area contributed by atoms with Gasteiger partial charge in [-0.2, -0.15) is 5.26 Å². The number of hydrogen-bond acceptors (Lipinski definition) is 2. The van der Waals surface area contributed by atoms with Gasteiger partial charge in [0.1, 0.15) is 0 Å². The molecule has 0 radical (unpaired) electrons. The standard InChI is InChI=1S/C19H20BrClN2/c1-15-2-4-16(5-3-15)12-23(14-18(20)10-11-22)13-17-6-8-19(21)9-7-17/h2-9,18H,10,12-14H2,1H3. The van der Waals surface area contributed by atoms with E-state index in [4.69, 9.17) is 16.9 Å². The van der Waals surface area contributed by atoms with E-state index in [1.807, 2.05) is 12.1 Å². The van der Waals surface area contributed by atoms with Gasteiger partial charge in [0, 0.05) is 35.9 Å². The maximum Gasteiger partial charge on any atom is 0.0634 e. The smallest absolute Gasteiger partial charge is 0.0634 e. The van der Waals surface area contributed by atoms with E-state index in [1.165, 1.54) is 16.7 Å². The first kappa shape index (κ1) is 18.0. The topological polar surface area (TPSA) is 27.0 Å². The summed E-state index contributed by atoms with van der Waals surface area (Å²) in [5.74, 6) is 0. The Morgan fingerprint density at radius 3 is 2.09 bits per heavy atom. The molecule has 0 bridgehead atoms. The SMILES string of the molecule is Cc1ccc(CN(Cc2ccc(Cl)cc2)CC(Br)CC#N)cc1. The Hall–Kier alpha value is -1.34. The number of hydrogen-bond donors (Lipinski definition) is 0. The molecular formula is C19H20BrClN2. The van der Waals surface area contributed by atoms with E-state index in [0.29, 0.717) is 6.42 Å². The molecule has 2 aromatic rings. The molecule has 4 heteroatoms. The van der Waals surface area contributed by atoms with Crippen molar-refractivity contribution >= 4 is 27.5 Å². The second-order valence-electron chi connectivity index (χ2n) is 5.74. The number of benzene rings is 2. The van der Waals surface area contributed by atoms with Crippen LogP contribution in [0.3, 0.4) is 0 Å². The van der Waals surface area contributed by atoms with E-state index in [1.54, 1.807) is 0 Å². The second-order valence-corrected chi connectivity index (χ2v) is 7.47. The lowest BCUT2D eigenvalue weighted by Crippen LogP contribution is -2.29. The monoisotopic (exact) mass is 390 g/mol. The molecule has 0 aliphatic rings. The molecule has 120 valence electrons. The largest absolute Gasteiger partial charge is 0.294 e. The van der Waals surface area contributed by atoms with Gasteiger partial charge in [-0.15, -0.1) is 0 Å². The summed E-state index contributed by atoms with van der Waals surface area (Å²) in [5, 5.41) is 9.63. The number of nitrogens with zero attached hydrogens (tertiary/aromatic N) is 2. The third kappa shape index (κ3) is 6.35. The van der Waals surface area contributed by atoms with Crippen LogP contribution in [0.4, 0.5) is 0 Å². The van der Waals surface area contributed by atoms with Crippen molar-refractivity contribution in [2.75, 3.05) is 6.54 Å². The summed E-state index contributed by atoms with van der Waals surface area (Å²) in [6, 6.07) is 18.8. The molecule has 0 aromatic heterocycles. The van der Waals surface area contributed by atoms with E-state index in [0.717, 1.165) is 24.7 Å². The van der Waals surface area contributed by atoms with E-state index in [2.05, 4.69) is 70.2 Å². The first-order chi connectivity index (χ1) is 11.1. The summed E-state index contributed by atoms with van der Waals surface area (Å²) in [7, 11) is 0. The fourth-order valence-electron chi connectivity index (χ4n) is 2.43. The van der Waals surface area contributed by atoms with E-state index >= 15 is 0 Å². The lowest BCUT2D eigenvalue weighted by molar-refractivity contribution is 0.259. The van der Waals surface area contributed by atoms with Crippen LogP contribution in [0, 0.1) is 18.3 Å². The normalized spacial score (nSPS) is 12.1. The van der Waals surface area contributed by atoms with Crippen LogP contribution < -0.4 is 0 Å². The average molecular weight is 392 g/mol. The molecule has 0 saturated heterocycles. The molecule has 0 aliphatic heterocycles. The quantitative estimate of drug-likeness (QED) is 0.597. The molecule has 0 amide bonds. The molecule has 1 unspecified atom stereocenters. The molecule has 2 nitrogen and oxygen atoms in total. The van der Waals surface area contributed by atoms with Gasteiger partial charge in [0.25, 0.3) is 0 Å². The maximum atomic E-state index is 8.88. The van der Waals surface area contributed by atoms with E-state index in [-0.39, 0.29) is 4.83 Å². The number of rotatable bonds is 7. The Morgan fingerprint density at radius 1 is 1.04 bits per heavy atom. The molecule has 1 atom stereocenters. The zero-order valence-electron chi connectivity index (χ0n) is 13.2. The predicted molar refractivity (Wildman–Crippen MR) is 99.7 cm³/mol. The van der Waals surface area contributed by atoms with Gasteiger partial charge in [-0.1, -0.05) is 69.5 Å². The van der Waals surface area contributed by atoms with E-state index < -0.39 is 0 Å². The van der Waals surface area contributed by atoms with Gasteiger partial charge in [-0.3, -0.25) is 4.90 Å². The minimum absolute atomic E-state index is 0.172. The predicted octanol–water partition coefficient (Wildman–Crippen LogP) is 5.33. The van der Waals surface area contributed by atoms with Crippen molar-refractivity contribution in [3.05, 3.63) is 70.2 Å². The lowest BCUT2D eigenvalue weighted by atomic mass is 10.1. The summed E-state index contributed by atoms with van der Waals surface area (Å²) in [4.78, 5) is 2.52. The van der Waals surface area contributed by atoms with Gasteiger partial charge in [0.15, 0.2) is 0 Å². The molecule has 2 rings (SSSR count). The van der Waals surface area contributed by atoms with Gasteiger partial charge in [-0.25, -0.2) is 0 Å². The Kier molecular flexibility index (Phi) is 7.11. The highest BCUT2D eigenvalue weighted by atomic mass is 79.9. The van der Waals surface area contributed by atoms with Crippen LogP contribution in [0.1, 0.15) is 23.1 Å². The van der Waals surface area contributed by atoms with Crippen LogP contribution in [-0.4, -0.2) is 16.3 Å². The number of halogens is 2. The summed E-state index contributed by atoms with van der Waals surface area (Å²) in [5.41, 5.74) is 3.76. The van der Waals surface area contributed by atoms with Gasteiger partial charge in [-0.05, 0) is 30.2 Å². The number of alkyl halides is 1. The number of aryl methyl sites for hydroxylation is 1. The average Bonchev–Trinajstić information content (AvgIpc) is 2.52. The lowest BCUT2D eigenvalue weighted by Gasteiger charge is -2.24.